The van der Waals surface area contributed by atoms with E-state index in [0.29, 0.717) is 13.0 Å². The maximum absolute atomic E-state index is 4.64. The molecule has 0 bridgehead atoms. The third-order valence-corrected chi connectivity index (χ3v) is 5.44. The minimum absolute atomic E-state index is 0.0769. The quantitative estimate of drug-likeness (QED) is 0.514. The van der Waals surface area contributed by atoms with Crippen LogP contribution in [0.2, 0.25) is 0 Å². The molecule has 27 heavy (non-hydrogen) atoms. The van der Waals surface area contributed by atoms with E-state index in [-0.39, 0.29) is 6.04 Å². The van der Waals surface area contributed by atoms with Crippen LogP contribution in [-0.4, -0.2) is 34.7 Å². The predicted molar refractivity (Wildman–Crippen MR) is 104 cm³/mol. The molecule has 1 atom stereocenters. The molecule has 0 aliphatic heterocycles. The molecule has 4 aromatic heterocycles. The third-order valence-electron chi connectivity index (χ3n) is 4.35. The van der Waals surface area contributed by atoms with Crippen LogP contribution in [0.4, 0.5) is 0 Å². The first-order valence-corrected chi connectivity index (χ1v) is 9.66. The number of pyridine rings is 1. The van der Waals surface area contributed by atoms with Crippen LogP contribution in [0, 0.1) is 13.8 Å². The van der Waals surface area contributed by atoms with Crippen LogP contribution in [0.25, 0.3) is 0 Å². The van der Waals surface area contributed by atoms with Crippen molar-refractivity contribution in [3.8, 4) is 0 Å². The molecule has 0 N–H and O–H groups in total. The van der Waals surface area contributed by atoms with Crippen molar-refractivity contribution < 1.29 is 0 Å². The van der Waals surface area contributed by atoms with E-state index in [2.05, 4.69) is 45.3 Å². The van der Waals surface area contributed by atoms with E-state index < -0.39 is 0 Å². The molecule has 0 aromatic carbocycles. The minimum Gasteiger partial charge on any atom is -0.268 e. The van der Waals surface area contributed by atoms with Gasteiger partial charge in [0.15, 0.2) is 0 Å². The zero-order valence-electron chi connectivity index (χ0n) is 15.6. The van der Waals surface area contributed by atoms with Gasteiger partial charge >= 0.3 is 0 Å². The molecule has 8 heteroatoms. The van der Waals surface area contributed by atoms with Crippen LogP contribution >= 0.6 is 11.3 Å². The molecule has 0 saturated heterocycles. The Labute approximate surface area is 161 Å². The van der Waals surface area contributed by atoms with Gasteiger partial charge in [-0.1, -0.05) is 17.4 Å². The smallest absolute Gasteiger partial charge is 0.141 e. The summed E-state index contributed by atoms with van der Waals surface area (Å²) >= 11 is 1.62. The number of hydrogen-bond acceptors (Lipinski definition) is 6. The first-order valence-electron chi connectivity index (χ1n) is 8.85. The van der Waals surface area contributed by atoms with E-state index in [1.54, 1.807) is 17.5 Å². The van der Waals surface area contributed by atoms with Gasteiger partial charge in [-0.2, -0.15) is 10.2 Å². The zero-order valence-corrected chi connectivity index (χ0v) is 16.4. The molecule has 0 fully saturated rings. The lowest BCUT2D eigenvalue weighted by Crippen LogP contribution is -2.10. The summed E-state index contributed by atoms with van der Waals surface area (Å²) < 4.78 is 3.93. The molecule has 0 aliphatic carbocycles. The Balaban J connectivity index is 1.44. The largest absolute Gasteiger partial charge is 0.268 e. The van der Waals surface area contributed by atoms with Crippen LogP contribution in [0.5, 0.6) is 0 Å². The lowest BCUT2D eigenvalue weighted by atomic mass is 10.3. The average molecular weight is 379 g/mol. The molecule has 0 saturated carbocycles. The highest BCUT2D eigenvalue weighted by Crippen LogP contribution is 2.24. The fourth-order valence-corrected chi connectivity index (χ4v) is 3.96. The van der Waals surface area contributed by atoms with Gasteiger partial charge in [-0.3, -0.25) is 14.3 Å². The summed E-state index contributed by atoms with van der Waals surface area (Å²) in [4.78, 5) is 4.14. The molecule has 4 rings (SSSR count). The Morgan fingerprint density at radius 3 is 2.78 bits per heavy atom. The fourth-order valence-electron chi connectivity index (χ4n) is 3.07. The molecule has 7 nitrogen and oxygen atoms in total. The van der Waals surface area contributed by atoms with Crippen LogP contribution in [0.3, 0.4) is 0 Å². The molecule has 138 valence electrons. The average Bonchev–Trinajstić information content (AvgIpc) is 3.37. The number of rotatable bonds is 6. The van der Waals surface area contributed by atoms with Crippen molar-refractivity contribution in [1.82, 2.24) is 34.7 Å². The van der Waals surface area contributed by atoms with Crippen molar-refractivity contribution in [3.63, 3.8) is 0 Å². The molecule has 1 unspecified atom stereocenters. The Morgan fingerprint density at radius 1 is 1.15 bits per heavy atom. The van der Waals surface area contributed by atoms with Gasteiger partial charge < -0.3 is 0 Å². The second kappa shape index (κ2) is 7.40. The first kappa shape index (κ1) is 17.5. The van der Waals surface area contributed by atoms with Crippen LogP contribution in [0.15, 0.2) is 42.9 Å². The van der Waals surface area contributed by atoms with Gasteiger partial charge in [0.25, 0.3) is 0 Å². The molecule has 0 radical (unpaired) electrons. The Bertz CT molecular complexity index is 1030. The van der Waals surface area contributed by atoms with E-state index in [4.69, 9.17) is 0 Å². The molecular formula is C19H21N7S. The van der Waals surface area contributed by atoms with Crippen molar-refractivity contribution in [2.75, 3.05) is 0 Å². The second-order valence-corrected chi connectivity index (χ2v) is 7.72. The van der Waals surface area contributed by atoms with Gasteiger partial charge in [0.05, 0.1) is 17.9 Å². The summed E-state index contributed by atoms with van der Waals surface area (Å²) in [6.45, 7) is 6.88. The number of aromatic nitrogens is 7. The maximum atomic E-state index is 4.64. The molecule has 0 amide bonds. The lowest BCUT2D eigenvalue weighted by Gasteiger charge is -2.10. The van der Waals surface area contributed by atoms with Crippen molar-refractivity contribution in [1.29, 1.82) is 0 Å². The maximum Gasteiger partial charge on any atom is 0.141 e. The van der Waals surface area contributed by atoms with Gasteiger partial charge in [-0.05, 0) is 44.5 Å². The van der Waals surface area contributed by atoms with Crippen molar-refractivity contribution in [3.05, 3.63) is 75.5 Å². The summed E-state index contributed by atoms with van der Waals surface area (Å²) in [6, 6.07) is 8.17. The topological polar surface area (TPSA) is 74.3 Å². The van der Waals surface area contributed by atoms with Gasteiger partial charge in [-0.15, -0.1) is 10.2 Å². The fraction of sp³-hybridized carbons (Fsp3) is 0.316. The minimum atomic E-state index is 0.0769. The van der Waals surface area contributed by atoms with E-state index in [1.807, 2.05) is 46.9 Å². The summed E-state index contributed by atoms with van der Waals surface area (Å²) in [5.41, 5.74) is 4.26. The molecule has 0 aliphatic rings. The van der Waals surface area contributed by atoms with Crippen LogP contribution < -0.4 is 0 Å². The zero-order chi connectivity index (χ0) is 18.8. The van der Waals surface area contributed by atoms with Gasteiger partial charge in [0.2, 0.25) is 0 Å². The summed E-state index contributed by atoms with van der Waals surface area (Å²) in [7, 11) is 0. The van der Waals surface area contributed by atoms with Gasteiger partial charge in [0.1, 0.15) is 16.1 Å². The number of nitrogens with zero attached hydrogens (tertiary/aromatic N) is 7. The molecule has 4 aromatic rings. The number of hydrogen-bond donors (Lipinski definition) is 0. The van der Waals surface area contributed by atoms with Crippen LogP contribution in [-0.2, 0) is 13.0 Å². The van der Waals surface area contributed by atoms with Crippen molar-refractivity contribution in [2.24, 2.45) is 0 Å². The third kappa shape index (κ3) is 3.95. The normalized spacial score (nSPS) is 12.4. The van der Waals surface area contributed by atoms with E-state index in [1.165, 1.54) is 0 Å². The van der Waals surface area contributed by atoms with Gasteiger partial charge in [-0.25, -0.2) is 0 Å². The Hall–Kier alpha value is -2.87. The monoisotopic (exact) mass is 379 g/mol. The first-order chi connectivity index (χ1) is 13.1. The Kier molecular flexibility index (Phi) is 4.81. The van der Waals surface area contributed by atoms with Crippen LogP contribution in [0.1, 0.15) is 45.6 Å². The van der Waals surface area contributed by atoms with Gasteiger partial charge in [0, 0.05) is 30.7 Å². The van der Waals surface area contributed by atoms with Crippen molar-refractivity contribution >= 4 is 11.3 Å². The van der Waals surface area contributed by atoms with E-state index in [9.17, 15) is 0 Å². The molecule has 0 spiro atoms. The molecular weight excluding hydrogens is 358 g/mol. The summed E-state index contributed by atoms with van der Waals surface area (Å²) in [5.74, 6) is 0. The highest BCUT2D eigenvalue weighted by atomic mass is 32.1. The standard InChI is InChI=1S/C19H21N7S/c1-13-9-14(2)26(23-13)15(3)19-22-21-18(27-19)10-17-6-8-25(24-17)12-16-5-4-7-20-11-16/h4-9,11,15H,10,12H2,1-3H3. The second-order valence-electron chi connectivity index (χ2n) is 6.62. The predicted octanol–water partition coefficient (Wildman–Crippen LogP) is 3.19. The highest BCUT2D eigenvalue weighted by molar-refractivity contribution is 7.11. The lowest BCUT2D eigenvalue weighted by molar-refractivity contribution is 0.540. The summed E-state index contributed by atoms with van der Waals surface area (Å²) in [6.07, 6.45) is 6.31. The van der Waals surface area contributed by atoms with Crippen molar-refractivity contribution in [2.45, 2.75) is 39.8 Å². The SMILES string of the molecule is Cc1cc(C)n(C(C)c2nnc(Cc3ccn(Cc4cccnc4)n3)s2)n1. The molecule has 4 heterocycles. The van der Waals surface area contributed by atoms with E-state index >= 15 is 0 Å². The Morgan fingerprint density at radius 2 is 2.04 bits per heavy atom. The highest BCUT2D eigenvalue weighted by Gasteiger charge is 2.17. The summed E-state index contributed by atoms with van der Waals surface area (Å²) in [5, 5.41) is 19.9. The van der Waals surface area contributed by atoms with E-state index in [0.717, 1.165) is 32.7 Å². The number of aryl methyl sites for hydroxylation is 2.